The van der Waals surface area contributed by atoms with E-state index in [2.05, 4.69) is 0 Å². The lowest BCUT2D eigenvalue weighted by atomic mass is 10.1. The molecule has 1 unspecified atom stereocenters. The first-order chi connectivity index (χ1) is 9.85. The molecule has 0 aromatic heterocycles. The van der Waals surface area contributed by atoms with E-state index in [0.29, 0.717) is 22.7 Å². The summed E-state index contributed by atoms with van der Waals surface area (Å²) in [6, 6.07) is 5.53. The number of thioether (sulfide) groups is 1. The van der Waals surface area contributed by atoms with Gasteiger partial charge in [-0.15, -0.1) is 0 Å². The topological polar surface area (TPSA) is 35.2 Å². The van der Waals surface area contributed by atoms with Crippen molar-refractivity contribution >= 4 is 11.8 Å². The number of hydrogen-bond acceptors (Lipinski definition) is 3. The SMILES string of the molecule is NC1c2cc(Oc3cc(F)cc(F)c3)ccc2SC1(F)F. The first kappa shape index (κ1) is 14.2. The maximum absolute atomic E-state index is 13.5. The van der Waals surface area contributed by atoms with Gasteiger partial charge < -0.3 is 10.5 Å². The van der Waals surface area contributed by atoms with E-state index < -0.39 is 22.9 Å². The summed E-state index contributed by atoms with van der Waals surface area (Å²) >= 11 is 0.387. The molecule has 1 aliphatic rings. The second kappa shape index (κ2) is 4.92. The molecule has 0 spiro atoms. The zero-order chi connectivity index (χ0) is 15.2. The molecule has 0 saturated heterocycles. The zero-order valence-corrected chi connectivity index (χ0v) is 11.3. The van der Waals surface area contributed by atoms with Gasteiger partial charge in [-0.3, -0.25) is 0 Å². The van der Waals surface area contributed by atoms with Gasteiger partial charge in [-0.05, 0) is 35.5 Å². The van der Waals surface area contributed by atoms with Crippen LogP contribution in [0, 0.1) is 11.6 Å². The molecule has 3 rings (SSSR count). The molecule has 0 aliphatic carbocycles. The molecule has 0 bridgehead atoms. The number of halogens is 4. The molecule has 2 N–H and O–H groups in total. The molecular weight excluding hydrogens is 306 g/mol. The van der Waals surface area contributed by atoms with Crippen molar-refractivity contribution in [2.24, 2.45) is 5.73 Å². The van der Waals surface area contributed by atoms with Crippen molar-refractivity contribution in [1.29, 1.82) is 0 Å². The fourth-order valence-corrected chi connectivity index (χ4v) is 3.03. The summed E-state index contributed by atoms with van der Waals surface area (Å²) in [4.78, 5) is 0.366. The van der Waals surface area contributed by atoms with Crippen molar-refractivity contribution in [3.05, 3.63) is 53.6 Å². The van der Waals surface area contributed by atoms with Gasteiger partial charge in [0.15, 0.2) is 0 Å². The lowest BCUT2D eigenvalue weighted by molar-refractivity contribution is 0.0797. The maximum Gasteiger partial charge on any atom is 0.317 e. The fourth-order valence-electron chi connectivity index (χ4n) is 2.04. The largest absolute Gasteiger partial charge is 0.457 e. The van der Waals surface area contributed by atoms with E-state index >= 15 is 0 Å². The van der Waals surface area contributed by atoms with Crippen molar-refractivity contribution in [2.45, 2.75) is 16.2 Å². The van der Waals surface area contributed by atoms with Gasteiger partial charge in [-0.25, -0.2) is 8.78 Å². The molecule has 0 amide bonds. The minimum absolute atomic E-state index is 0.0570. The van der Waals surface area contributed by atoms with Gasteiger partial charge in [0.2, 0.25) is 0 Å². The summed E-state index contributed by atoms with van der Waals surface area (Å²) in [6.07, 6.45) is 0. The van der Waals surface area contributed by atoms with Gasteiger partial charge in [0.25, 0.3) is 0 Å². The number of benzene rings is 2. The number of nitrogens with two attached hydrogens (primary N) is 1. The molecule has 0 saturated carbocycles. The lowest BCUT2D eigenvalue weighted by Crippen LogP contribution is -2.24. The highest BCUT2D eigenvalue weighted by molar-refractivity contribution is 8.00. The van der Waals surface area contributed by atoms with Crippen molar-refractivity contribution < 1.29 is 22.3 Å². The second-order valence-corrected chi connectivity index (χ2v) is 5.74. The summed E-state index contributed by atoms with van der Waals surface area (Å²) in [6.45, 7) is 0. The molecule has 110 valence electrons. The van der Waals surface area contributed by atoms with Gasteiger partial charge >= 0.3 is 5.25 Å². The predicted octanol–water partition coefficient (Wildman–Crippen LogP) is 4.46. The highest BCUT2D eigenvalue weighted by Gasteiger charge is 2.46. The van der Waals surface area contributed by atoms with Crippen molar-refractivity contribution in [3.8, 4) is 11.5 Å². The van der Waals surface area contributed by atoms with E-state index in [1.165, 1.54) is 18.2 Å². The Hall–Kier alpha value is -1.73. The first-order valence-corrected chi connectivity index (χ1v) is 6.77. The average Bonchev–Trinajstić information content (AvgIpc) is 2.59. The van der Waals surface area contributed by atoms with Crippen LogP contribution < -0.4 is 10.5 Å². The quantitative estimate of drug-likeness (QED) is 0.831. The van der Waals surface area contributed by atoms with E-state index in [9.17, 15) is 17.6 Å². The van der Waals surface area contributed by atoms with Gasteiger partial charge in [-0.2, -0.15) is 8.78 Å². The summed E-state index contributed by atoms with van der Waals surface area (Å²) in [5.41, 5.74) is 5.74. The lowest BCUT2D eigenvalue weighted by Gasteiger charge is -2.13. The Morgan fingerprint density at radius 1 is 1.00 bits per heavy atom. The van der Waals surface area contributed by atoms with Gasteiger partial charge in [-0.1, -0.05) is 0 Å². The molecule has 1 heterocycles. The number of alkyl halides is 2. The number of fused-ring (bicyclic) bond motifs is 1. The standard InChI is InChI=1S/C14H9F4NOS/c15-7-3-8(16)5-10(4-7)20-9-1-2-12-11(6-9)13(19)14(17,18)21-12/h1-6,13H,19H2. The predicted molar refractivity (Wildman–Crippen MR) is 70.6 cm³/mol. The first-order valence-electron chi connectivity index (χ1n) is 5.95. The molecule has 1 atom stereocenters. The number of rotatable bonds is 2. The minimum atomic E-state index is -3.08. The Bertz CT molecular complexity index is 687. The Balaban J connectivity index is 1.90. The van der Waals surface area contributed by atoms with Crippen LogP contribution in [0.3, 0.4) is 0 Å². The monoisotopic (exact) mass is 315 g/mol. The van der Waals surface area contributed by atoms with Gasteiger partial charge in [0.1, 0.15) is 29.2 Å². The van der Waals surface area contributed by atoms with Crippen LogP contribution in [-0.2, 0) is 0 Å². The Labute approximate surface area is 121 Å². The Morgan fingerprint density at radius 2 is 1.67 bits per heavy atom. The van der Waals surface area contributed by atoms with Crippen molar-refractivity contribution in [1.82, 2.24) is 0 Å². The fraction of sp³-hybridized carbons (Fsp3) is 0.143. The van der Waals surface area contributed by atoms with Crippen molar-refractivity contribution in [3.63, 3.8) is 0 Å². The summed E-state index contributed by atoms with van der Waals surface area (Å²) < 4.78 is 58.4. The van der Waals surface area contributed by atoms with E-state index in [1.807, 2.05) is 0 Å². The molecule has 2 aromatic carbocycles. The molecule has 0 radical (unpaired) electrons. The molecule has 2 nitrogen and oxygen atoms in total. The van der Waals surface area contributed by atoms with E-state index in [4.69, 9.17) is 10.5 Å². The van der Waals surface area contributed by atoms with Crippen LogP contribution in [0.25, 0.3) is 0 Å². The van der Waals surface area contributed by atoms with E-state index in [1.54, 1.807) is 0 Å². The highest BCUT2D eigenvalue weighted by atomic mass is 32.2. The van der Waals surface area contributed by atoms with E-state index in [-0.39, 0.29) is 17.1 Å². The second-order valence-electron chi connectivity index (χ2n) is 4.55. The minimum Gasteiger partial charge on any atom is -0.457 e. The van der Waals surface area contributed by atoms with Crippen LogP contribution in [0.15, 0.2) is 41.3 Å². The Morgan fingerprint density at radius 3 is 2.33 bits per heavy atom. The molecule has 2 aromatic rings. The van der Waals surface area contributed by atoms with Crippen molar-refractivity contribution in [2.75, 3.05) is 0 Å². The molecule has 0 fully saturated rings. The van der Waals surface area contributed by atoms with Crippen LogP contribution in [0.5, 0.6) is 11.5 Å². The van der Waals surface area contributed by atoms with Crippen LogP contribution in [0.4, 0.5) is 17.6 Å². The van der Waals surface area contributed by atoms with Crippen LogP contribution in [0.1, 0.15) is 11.6 Å². The van der Waals surface area contributed by atoms with E-state index in [0.717, 1.165) is 12.1 Å². The van der Waals surface area contributed by atoms with Crippen LogP contribution >= 0.6 is 11.8 Å². The molecule has 21 heavy (non-hydrogen) atoms. The number of hydrogen-bond donors (Lipinski definition) is 1. The van der Waals surface area contributed by atoms with Crippen LogP contribution in [0.2, 0.25) is 0 Å². The third-order valence-corrected chi connectivity index (χ3v) is 4.11. The highest BCUT2D eigenvalue weighted by Crippen LogP contribution is 2.53. The smallest absolute Gasteiger partial charge is 0.317 e. The average molecular weight is 315 g/mol. The molecule has 1 aliphatic heterocycles. The Kier molecular flexibility index (Phi) is 3.33. The van der Waals surface area contributed by atoms with Gasteiger partial charge in [0, 0.05) is 23.1 Å². The zero-order valence-electron chi connectivity index (χ0n) is 10.4. The normalized spacial score (nSPS) is 19.4. The molecule has 7 heteroatoms. The van der Waals surface area contributed by atoms with Crippen LogP contribution in [-0.4, -0.2) is 5.25 Å². The third-order valence-electron chi connectivity index (χ3n) is 3.00. The third kappa shape index (κ3) is 2.71. The summed E-state index contributed by atoms with van der Waals surface area (Å²) in [5, 5.41) is -3.08. The molecular formula is C14H9F4NOS. The summed E-state index contributed by atoms with van der Waals surface area (Å²) in [5.74, 6) is -1.44. The van der Waals surface area contributed by atoms with Gasteiger partial charge in [0.05, 0.1) is 0 Å². The number of ether oxygens (including phenoxy) is 1. The summed E-state index contributed by atoms with van der Waals surface area (Å²) in [7, 11) is 0. The maximum atomic E-state index is 13.5.